The van der Waals surface area contributed by atoms with E-state index in [1.165, 1.54) is 18.9 Å². The van der Waals surface area contributed by atoms with Gasteiger partial charge < -0.3 is 15.0 Å². The molecule has 3 amide bonds. The number of hydrogen-bond acceptors (Lipinski definition) is 6. The third-order valence-corrected chi connectivity index (χ3v) is 7.09. The highest BCUT2D eigenvalue weighted by Gasteiger charge is 2.61. The van der Waals surface area contributed by atoms with Crippen LogP contribution in [0.25, 0.3) is 0 Å². The first-order chi connectivity index (χ1) is 15.7. The smallest absolute Gasteiger partial charge is 0.270 e. The molecule has 0 aliphatic carbocycles. The largest absolute Gasteiger partial charge is 0.491 e. The lowest BCUT2D eigenvalue weighted by molar-refractivity contribution is -0.139. The highest BCUT2D eigenvalue weighted by molar-refractivity contribution is 8.15. The van der Waals surface area contributed by atoms with Crippen LogP contribution < -0.4 is 15.0 Å². The number of anilines is 1. The third-order valence-electron chi connectivity index (χ3n) is 5.85. The maximum absolute atomic E-state index is 14.0. The summed E-state index contributed by atoms with van der Waals surface area (Å²) in [5.41, 5.74) is 4.42. The minimum atomic E-state index is -1.40. The molecule has 0 saturated carbocycles. The van der Waals surface area contributed by atoms with E-state index in [-0.39, 0.29) is 23.6 Å². The Morgan fingerprint density at radius 3 is 2.48 bits per heavy atom. The Hall–Kier alpha value is -3.33. The summed E-state index contributed by atoms with van der Waals surface area (Å²) in [6.07, 6.45) is 0. The fraction of sp³-hybridized carbons (Fsp3) is 0.333. The fourth-order valence-corrected chi connectivity index (χ4v) is 5.49. The Labute approximate surface area is 197 Å². The van der Waals surface area contributed by atoms with E-state index in [1.54, 1.807) is 4.90 Å². The van der Waals surface area contributed by atoms with Crippen LogP contribution in [0.1, 0.15) is 36.1 Å². The van der Waals surface area contributed by atoms with Gasteiger partial charge in [0.05, 0.1) is 12.2 Å². The topological polar surface area (TPSA) is 91.3 Å². The number of thioether (sulfide) groups is 1. The molecule has 4 rings (SSSR count). The number of para-hydroxylation sites is 1. The summed E-state index contributed by atoms with van der Waals surface area (Å²) in [6, 6.07) is 11.5. The van der Waals surface area contributed by atoms with Crippen molar-refractivity contribution in [3.05, 3.63) is 58.7 Å². The summed E-state index contributed by atoms with van der Waals surface area (Å²) in [6.45, 7) is 9.21. The number of nitrogens with one attached hydrogen (secondary N) is 1. The Morgan fingerprint density at radius 1 is 1.09 bits per heavy atom. The lowest BCUT2D eigenvalue weighted by Crippen LogP contribution is -2.49. The monoisotopic (exact) mass is 466 g/mol. The van der Waals surface area contributed by atoms with E-state index in [0.717, 1.165) is 39.9 Å². The molecular formula is C24H26N4O4S. The Morgan fingerprint density at radius 2 is 1.82 bits per heavy atom. The van der Waals surface area contributed by atoms with Crippen LogP contribution in [0.4, 0.5) is 5.69 Å². The van der Waals surface area contributed by atoms with Crippen molar-refractivity contribution in [2.24, 2.45) is 5.10 Å². The van der Waals surface area contributed by atoms with Gasteiger partial charge in [0.25, 0.3) is 5.91 Å². The number of nitrogens with zero attached hydrogens (tertiary/aromatic N) is 3. The molecule has 2 heterocycles. The van der Waals surface area contributed by atoms with Gasteiger partial charge in [-0.25, -0.2) is 0 Å². The molecule has 2 aromatic carbocycles. The van der Waals surface area contributed by atoms with Crippen LogP contribution in [0.2, 0.25) is 0 Å². The predicted octanol–water partition coefficient (Wildman–Crippen LogP) is 3.19. The average Bonchev–Trinajstić information content (AvgIpc) is 3.24. The maximum Gasteiger partial charge on any atom is 0.270 e. The Balaban J connectivity index is 1.72. The van der Waals surface area contributed by atoms with Gasteiger partial charge in [-0.3, -0.25) is 14.4 Å². The summed E-state index contributed by atoms with van der Waals surface area (Å²) in [4.78, 5) is 38.5. The number of aryl methyl sites for hydroxylation is 2. The van der Waals surface area contributed by atoms with Crippen LogP contribution in [0.15, 0.2) is 41.5 Å². The number of amidine groups is 1. The number of fused-ring (bicyclic) bond motifs is 2. The zero-order chi connectivity index (χ0) is 23.9. The van der Waals surface area contributed by atoms with Gasteiger partial charge in [-0.05, 0) is 55.3 Å². The molecule has 2 aliphatic heterocycles. The van der Waals surface area contributed by atoms with Crippen molar-refractivity contribution in [3.8, 4) is 5.75 Å². The number of hydrazone groups is 1. The summed E-state index contributed by atoms with van der Waals surface area (Å²) < 4.78 is 5.96. The summed E-state index contributed by atoms with van der Waals surface area (Å²) in [5, 5.41) is 8.31. The van der Waals surface area contributed by atoms with Crippen molar-refractivity contribution in [2.75, 3.05) is 18.1 Å². The van der Waals surface area contributed by atoms with Gasteiger partial charge in [-0.15, -0.1) is 5.10 Å². The molecule has 2 aliphatic rings. The molecule has 33 heavy (non-hydrogen) atoms. The molecule has 8 nitrogen and oxygen atoms in total. The molecular weight excluding hydrogens is 440 g/mol. The van der Waals surface area contributed by atoms with Gasteiger partial charge >= 0.3 is 0 Å². The van der Waals surface area contributed by atoms with Crippen LogP contribution in [0.3, 0.4) is 0 Å². The minimum absolute atomic E-state index is 0.216. The van der Waals surface area contributed by atoms with Crippen LogP contribution in [0.5, 0.6) is 5.75 Å². The first-order valence-corrected chi connectivity index (χ1v) is 11.5. The lowest BCUT2D eigenvalue weighted by Gasteiger charge is -2.29. The van der Waals surface area contributed by atoms with Crippen molar-refractivity contribution in [1.82, 2.24) is 10.3 Å². The first kappa shape index (κ1) is 22.8. The summed E-state index contributed by atoms with van der Waals surface area (Å²) >= 11 is 1.08. The van der Waals surface area contributed by atoms with Gasteiger partial charge in [-0.2, -0.15) is 5.01 Å². The van der Waals surface area contributed by atoms with Crippen LogP contribution >= 0.6 is 11.8 Å². The molecule has 2 aromatic rings. The molecule has 0 fully saturated rings. The highest BCUT2D eigenvalue weighted by atomic mass is 32.2. The molecule has 0 radical (unpaired) electrons. The molecule has 0 saturated heterocycles. The molecule has 1 spiro atoms. The zero-order valence-corrected chi connectivity index (χ0v) is 20.1. The SMILES string of the molecule is CC(=O)NC1=NN(C(C)=O)C2(S1)C(=O)N(CCOc1ccccc1C)c1c2ccc(C)c1C. The summed E-state index contributed by atoms with van der Waals surface area (Å²) in [7, 11) is 0. The molecule has 1 N–H and O–H groups in total. The van der Waals surface area contributed by atoms with Crippen LogP contribution in [-0.2, 0) is 19.3 Å². The fourth-order valence-electron chi connectivity index (χ4n) is 4.16. The van der Waals surface area contributed by atoms with Crippen molar-refractivity contribution in [1.29, 1.82) is 0 Å². The second kappa shape index (κ2) is 8.55. The second-order valence-electron chi connectivity index (χ2n) is 8.14. The van der Waals surface area contributed by atoms with Crippen LogP contribution in [-0.4, -0.2) is 41.0 Å². The van der Waals surface area contributed by atoms with Crippen molar-refractivity contribution < 1.29 is 19.1 Å². The van der Waals surface area contributed by atoms with E-state index < -0.39 is 10.8 Å². The number of ether oxygens (including phenoxy) is 1. The van der Waals surface area contributed by atoms with E-state index in [0.29, 0.717) is 12.1 Å². The second-order valence-corrected chi connectivity index (χ2v) is 9.32. The quantitative estimate of drug-likeness (QED) is 0.747. The maximum atomic E-state index is 14.0. The number of benzene rings is 2. The van der Waals surface area contributed by atoms with E-state index in [9.17, 15) is 14.4 Å². The average molecular weight is 467 g/mol. The normalized spacial score (nSPS) is 19.1. The first-order valence-electron chi connectivity index (χ1n) is 10.6. The standard InChI is InChI=1S/C24H26N4O4S/c1-14-10-11-19-21(16(14)3)27(12-13-32-20-9-7-6-8-15(20)2)22(31)24(19)28(18(5)30)26-23(33-24)25-17(4)29/h6-11H,12-13H2,1-5H3,(H,25,26,29). The van der Waals surface area contributed by atoms with Gasteiger partial charge in [0.15, 0.2) is 5.17 Å². The van der Waals surface area contributed by atoms with Crippen molar-refractivity contribution >= 4 is 40.3 Å². The van der Waals surface area contributed by atoms with E-state index in [1.807, 2.05) is 57.2 Å². The molecule has 9 heteroatoms. The summed E-state index contributed by atoms with van der Waals surface area (Å²) in [5.74, 6) is -0.241. The van der Waals surface area contributed by atoms with Gasteiger partial charge in [0.2, 0.25) is 16.7 Å². The molecule has 0 aromatic heterocycles. The predicted molar refractivity (Wildman–Crippen MR) is 128 cm³/mol. The molecule has 172 valence electrons. The number of hydrogen-bond donors (Lipinski definition) is 1. The van der Waals surface area contributed by atoms with Gasteiger partial charge in [0, 0.05) is 19.4 Å². The van der Waals surface area contributed by atoms with E-state index in [4.69, 9.17) is 4.74 Å². The van der Waals surface area contributed by atoms with E-state index >= 15 is 0 Å². The van der Waals surface area contributed by atoms with Gasteiger partial charge in [-0.1, -0.05) is 30.3 Å². The van der Waals surface area contributed by atoms with Crippen molar-refractivity contribution in [2.45, 2.75) is 39.5 Å². The zero-order valence-electron chi connectivity index (χ0n) is 19.3. The molecule has 1 unspecified atom stereocenters. The molecule has 0 bridgehead atoms. The van der Waals surface area contributed by atoms with Crippen molar-refractivity contribution in [3.63, 3.8) is 0 Å². The Bertz CT molecular complexity index is 1190. The number of rotatable bonds is 4. The lowest BCUT2D eigenvalue weighted by atomic mass is 10.00. The van der Waals surface area contributed by atoms with Crippen LogP contribution in [0, 0.1) is 20.8 Å². The van der Waals surface area contributed by atoms with Gasteiger partial charge in [0.1, 0.15) is 12.4 Å². The third kappa shape index (κ3) is 3.76. The minimum Gasteiger partial charge on any atom is -0.491 e. The molecule has 1 atom stereocenters. The van der Waals surface area contributed by atoms with E-state index in [2.05, 4.69) is 10.4 Å². The Kier molecular flexibility index (Phi) is 5.92. The highest BCUT2D eigenvalue weighted by Crippen LogP contribution is 2.55. The number of amides is 3. The number of carbonyl (C=O) groups is 3. The number of carbonyl (C=O) groups excluding carboxylic acids is 3.